The van der Waals surface area contributed by atoms with Gasteiger partial charge in [0.15, 0.2) is 5.78 Å². The van der Waals surface area contributed by atoms with Crippen molar-refractivity contribution < 1.29 is 60.1 Å². The Morgan fingerprint density at radius 1 is 1.56 bits per heavy atom. The summed E-state index contributed by atoms with van der Waals surface area (Å²) in [5.74, 6) is -3.53. The Labute approximate surface area is 129 Å². The third-order valence-electron chi connectivity index (χ3n) is 1.93. The molecule has 0 aromatic rings. The molecule has 0 amide bonds. The van der Waals surface area contributed by atoms with Gasteiger partial charge in [0.1, 0.15) is 0 Å². The molecule has 0 aliphatic carbocycles. The van der Waals surface area contributed by atoms with E-state index < -0.39 is 28.9 Å². The van der Waals surface area contributed by atoms with Crippen molar-refractivity contribution in [3.8, 4) is 0 Å². The third kappa shape index (κ3) is 3.60. The van der Waals surface area contributed by atoms with Gasteiger partial charge in [0.2, 0.25) is 5.60 Å². The average Bonchev–Trinajstić information content (AvgIpc) is 2.57. The Kier molecular flexibility index (Phi) is 9.04. The number of rotatable bonds is 3. The van der Waals surface area contributed by atoms with Gasteiger partial charge in [-0.05, 0) is 13.8 Å². The second-order valence-electron chi connectivity index (χ2n) is 2.96. The van der Waals surface area contributed by atoms with Crippen LogP contribution in [0.1, 0.15) is 20.8 Å². The van der Waals surface area contributed by atoms with E-state index in [1.807, 2.05) is 0 Å². The molecule has 6 nitrogen and oxygen atoms in total. The van der Waals surface area contributed by atoms with E-state index in [1.165, 1.54) is 6.29 Å². The van der Waals surface area contributed by atoms with E-state index in [2.05, 4.69) is 11.7 Å². The molecule has 7 heteroatoms. The van der Waals surface area contributed by atoms with E-state index in [-0.39, 0.29) is 37.7 Å². The molecule has 0 saturated carbocycles. The summed E-state index contributed by atoms with van der Waals surface area (Å²) in [7, 11) is 0. The largest absolute Gasteiger partial charge is 2.00 e. The minimum Gasteiger partial charge on any atom is -0.585 e. The number of aliphatic hydroxyl groups excluding tert-OH is 1. The second-order valence-corrected chi connectivity index (χ2v) is 2.96. The molecule has 0 saturated heterocycles. The van der Waals surface area contributed by atoms with Gasteiger partial charge in [0.05, 0.1) is 12.4 Å². The zero-order valence-electron chi connectivity index (χ0n) is 10.4. The van der Waals surface area contributed by atoms with E-state index in [0.29, 0.717) is 0 Å². The molecule has 1 aliphatic heterocycles. The van der Waals surface area contributed by atoms with Gasteiger partial charge in [0.25, 0.3) is 0 Å². The number of hydrogen-bond donors (Lipinski definition) is 1. The minimum atomic E-state index is -1.98. The number of carbonyl (C=O) groups is 2. The number of ether oxygens (including phenoxy) is 2. The first-order valence-corrected chi connectivity index (χ1v) is 4.90. The van der Waals surface area contributed by atoms with Crippen molar-refractivity contribution in [2.24, 2.45) is 0 Å². The van der Waals surface area contributed by atoms with Crippen molar-refractivity contribution in [3.63, 3.8) is 0 Å². The zero-order valence-corrected chi connectivity index (χ0v) is 14.6. The van der Waals surface area contributed by atoms with E-state index in [4.69, 9.17) is 9.84 Å². The molecule has 0 spiro atoms. The maximum atomic E-state index is 11.4. The molecule has 1 aliphatic rings. The Hall–Kier alpha value is -0.798. The van der Waals surface area contributed by atoms with Crippen molar-refractivity contribution in [1.29, 1.82) is 0 Å². The standard InChI is InChI=1S/C9H9O6.C2H5.U/c1-3-14-8(13)9(2)7(12)6(11)5(4-10)15-9;1-2;/h11H,3H2,1-2H3;1H2,2H3;/q2*-1;+2. The zero-order chi connectivity index (χ0) is 13.6. The third-order valence-corrected chi connectivity index (χ3v) is 1.93. The minimum absolute atomic E-state index is 0. The molecule has 0 aromatic carbocycles. The van der Waals surface area contributed by atoms with Crippen molar-refractivity contribution in [1.82, 2.24) is 0 Å². The van der Waals surface area contributed by atoms with Crippen molar-refractivity contribution >= 4 is 18.0 Å². The predicted molar refractivity (Wildman–Crippen MR) is 57.5 cm³/mol. The molecule has 0 aromatic heterocycles. The first-order valence-electron chi connectivity index (χ1n) is 4.90. The van der Waals surface area contributed by atoms with E-state index in [1.54, 1.807) is 13.8 Å². The van der Waals surface area contributed by atoms with Crippen LogP contribution < -0.4 is 0 Å². The molecule has 1 heterocycles. The quantitative estimate of drug-likeness (QED) is 0.362. The van der Waals surface area contributed by atoms with Gasteiger partial charge in [-0.3, -0.25) is 0 Å². The molecule has 0 fully saturated rings. The summed E-state index contributed by atoms with van der Waals surface area (Å²) in [4.78, 5) is 33.0. The first-order chi connectivity index (χ1) is 7.97. The Morgan fingerprint density at radius 3 is 2.39 bits per heavy atom. The summed E-state index contributed by atoms with van der Waals surface area (Å²) in [6.07, 6.45) is 1.23. The maximum absolute atomic E-state index is 11.4. The van der Waals surface area contributed by atoms with Crippen LogP contribution in [0.4, 0.5) is 0 Å². The molecule has 1 rings (SSSR count). The van der Waals surface area contributed by atoms with Crippen LogP contribution in [0.25, 0.3) is 0 Å². The summed E-state index contributed by atoms with van der Waals surface area (Å²) < 4.78 is 9.31. The molecular formula is C11H14O6U. The summed E-state index contributed by atoms with van der Waals surface area (Å²) in [5.41, 5.74) is -1.98. The van der Waals surface area contributed by atoms with Gasteiger partial charge >= 0.3 is 37.1 Å². The Morgan fingerprint density at radius 2 is 2.06 bits per heavy atom. The first kappa shape index (κ1) is 19.5. The summed E-state index contributed by atoms with van der Waals surface area (Å²) >= 11 is 0. The SMILES string of the molecule is CCOC(=O)C1(C)OC([C-]=O)=C(O)C1=O.[CH2-]C.[U+2]. The van der Waals surface area contributed by atoms with Crippen LogP contribution in [0, 0.1) is 38.0 Å². The number of esters is 1. The average molecular weight is 480 g/mol. The van der Waals surface area contributed by atoms with Crippen LogP contribution in [0.15, 0.2) is 11.5 Å². The fourth-order valence-corrected chi connectivity index (χ4v) is 1.10. The van der Waals surface area contributed by atoms with Crippen molar-refractivity contribution in [2.75, 3.05) is 6.61 Å². The number of carbonyl (C=O) groups excluding carboxylic acids is 3. The van der Waals surface area contributed by atoms with Crippen LogP contribution in [0.3, 0.4) is 0 Å². The molecule has 18 heavy (non-hydrogen) atoms. The Bertz CT molecular complexity index is 363. The van der Waals surface area contributed by atoms with Gasteiger partial charge in [-0.2, -0.15) is 6.92 Å². The Balaban J connectivity index is 0. The topological polar surface area (TPSA) is 89.9 Å². The number of hydrogen-bond acceptors (Lipinski definition) is 6. The number of Topliss-reactive ketones (excluding diaryl/α,β-unsaturated/α-hetero) is 1. The fraction of sp³-hybridized carbons (Fsp3) is 0.455. The predicted octanol–water partition coefficient (Wildman–Crippen LogP) is 0.627. The summed E-state index contributed by atoms with van der Waals surface area (Å²) in [6, 6.07) is 0. The van der Waals surface area contributed by atoms with Gasteiger partial charge in [0, 0.05) is 12.0 Å². The number of aliphatic hydroxyl groups is 1. The molecule has 98 valence electrons. The maximum Gasteiger partial charge on any atom is 2.00 e. The van der Waals surface area contributed by atoms with Crippen LogP contribution in [-0.2, 0) is 23.9 Å². The molecule has 1 N–H and O–H groups in total. The second kappa shape index (κ2) is 8.33. The van der Waals surface area contributed by atoms with Crippen LogP contribution >= 0.6 is 0 Å². The van der Waals surface area contributed by atoms with Crippen LogP contribution in [-0.4, -0.2) is 35.4 Å². The van der Waals surface area contributed by atoms with Crippen molar-refractivity contribution in [2.45, 2.75) is 26.4 Å². The van der Waals surface area contributed by atoms with Gasteiger partial charge in [-0.15, -0.1) is 0 Å². The van der Waals surface area contributed by atoms with Crippen LogP contribution in [0.2, 0.25) is 0 Å². The van der Waals surface area contributed by atoms with Gasteiger partial charge in [-0.1, -0.05) is 0 Å². The fourth-order valence-electron chi connectivity index (χ4n) is 1.10. The van der Waals surface area contributed by atoms with Gasteiger partial charge < -0.3 is 31.1 Å². The molecule has 1 atom stereocenters. The summed E-state index contributed by atoms with van der Waals surface area (Å²) in [6.45, 7) is 7.74. The molecule has 0 bridgehead atoms. The van der Waals surface area contributed by atoms with E-state index in [9.17, 15) is 14.4 Å². The van der Waals surface area contributed by atoms with E-state index >= 15 is 0 Å². The van der Waals surface area contributed by atoms with Gasteiger partial charge in [-0.25, -0.2) is 4.79 Å². The summed E-state index contributed by atoms with van der Waals surface area (Å²) in [5, 5.41) is 9.15. The molecule has 0 radical (unpaired) electrons. The molecule has 1 unspecified atom stereocenters. The normalized spacial score (nSPS) is 21.2. The molecular weight excluding hydrogens is 466 g/mol. The van der Waals surface area contributed by atoms with Crippen LogP contribution in [0.5, 0.6) is 0 Å². The number of allylic oxidation sites excluding steroid dienone is 1. The number of ketones is 1. The monoisotopic (exact) mass is 480 g/mol. The van der Waals surface area contributed by atoms with E-state index in [0.717, 1.165) is 6.92 Å². The van der Waals surface area contributed by atoms with Crippen molar-refractivity contribution in [3.05, 3.63) is 18.4 Å². The smallest absolute Gasteiger partial charge is 0.585 e.